The number of dihydropyridines is 1. The minimum absolute atomic E-state index is 0.780. The third-order valence-electron chi connectivity index (χ3n) is 5.85. The lowest BCUT2D eigenvalue weighted by molar-refractivity contribution is 0.866. The molecule has 3 aromatic rings. The number of rotatable bonds is 9. The monoisotopic (exact) mass is 477 g/mol. The average Bonchev–Trinajstić information content (AvgIpc) is 2.93. The van der Waals surface area contributed by atoms with Crippen molar-refractivity contribution in [1.82, 2.24) is 0 Å². The maximum absolute atomic E-state index is 4.52. The highest BCUT2D eigenvalue weighted by atomic mass is 15.1. The summed E-state index contributed by atoms with van der Waals surface area (Å²) in [5.74, 6) is 0. The van der Waals surface area contributed by atoms with Crippen LogP contribution in [0.5, 0.6) is 0 Å². The average molecular weight is 478 g/mol. The van der Waals surface area contributed by atoms with E-state index in [1.54, 1.807) is 0 Å². The van der Waals surface area contributed by atoms with Gasteiger partial charge < -0.3 is 4.90 Å². The second kappa shape index (κ2) is 12.4. The summed E-state index contributed by atoms with van der Waals surface area (Å²) in [5.41, 5.74) is 7.43. The SMILES string of the molecule is CCN(CC)c1ccc(N=Nc2ccc(N=Nc3ccc(C=NC4=CC=NCC4)cc3)c(C)c2)cc1. The molecule has 7 nitrogen and oxygen atoms in total. The summed E-state index contributed by atoms with van der Waals surface area (Å²) in [4.78, 5) is 11.0. The van der Waals surface area contributed by atoms with Gasteiger partial charge >= 0.3 is 0 Å². The largest absolute Gasteiger partial charge is 0.372 e. The van der Waals surface area contributed by atoms with Gasteiger partial charge in [0, 0.05) is 49.9 Å². The number of hydrogen-bond donors (Lipinski definition) is 0. The molecule has 0 aromatic heterocycles. The minimum Gasteiger partial charge on any atom is -0.372 e. The van der Waals surface area contributed by atoms with Gasteiger partial charge in [0.05, 0.1) is 22.7 Å². The number of aryl methyl sites for hydroxylation is 1. The summed E-state index contributed by atoms with van der Waals surface area (Å²) in [6.45, 7) is 9.07. The smallest absolute Gasteiger partial charge is 0.0887 e. The normalized spacial score (nSPS) is 13.7. The van der Waals surface area contributed by atoms with Crippen LogP contribution in [-0.4, -0.2) is 32.1 Å². The van der Waals surface area contributed by atoms with Crippen molar-refractivity contribution >= 4 is 40.9 Å². The minimum atomic E-state index is 0.780. The van der Waals surface area contributed by atoms with Crippen LogP contribution in [0.1, 0.15) is 31.4 Å². The van der Waals surface area contributed by atoms with E-state index in [2.05, 4.69) is 61.3 Å². The molecule has 7 heteroatoms. The maximum atomic E-state index is 4.52. The standard InChI is InChI=1S/C29H31N7/c1-4-36(5-2)28-13-10-26(11-14-28)32-34-27-12-15-29(22(3)20-27)35-33-25-8-6-23(7-9-25)21-31-24-16-18-30-19-17-24/h6-16,18,20-21H,4-5,17,19H2,1-3H3. The van der Waals surface area contributed by atoms with E-state index in [1.165, 1.54) is 5.69 Å². The number of azo groups is 2. The van der Waals surface area contributed by atoms with Crippen LogP contribution in [0.25, 0.3) is 0 Å². The molecule has 4 rings (SSSR count). The summed E-state index contributed by atoms with van der Waals surface area (Å²) in [7, 11) is 0. The molecule has 0 unspecified atom stereocenters. The molecular weight excluding hydrogens is 446 g/mol. The first kappa shape index (κ1) is 24.9. The molecule has 1 aliphatic rings. The molecule has 0 amide bonds. The Labute approximate surface area is 212 Å². The maximum Gasteiger partial charge on any atom is 0.0887 e. The van der Waals surface area contributed by atoms with E-state index >= 15 is 0 Å². The van der Waals surface area contributed by atoms with Gasteiger partial charge in [-0.3, -0.25) is 9.98 Å². The summed E-state index contributed by atoms with van der Waals surface area (Å²) in [6, 6.07) is 21.8. The molecular formula is C29H31N7. The molecule has 0 radical (unpaired) electrons. The first-order chi connectivity index (χ1) is 17.6. The highest BCUT2D eigenvalue weighted by Gasteiger charge is 2.02. The van der Waals surface area contributed by atoms with Crippen molar-refractivity contribution in [2.45, 2.75) is 27.2 Å². The molecule has 3 aromatic carbocycles. The Morgan fingerprint density at radius 1 is 0.806 bits per heavy atom. The quantitative estimate of drug-likeness (QED) is 0.225. The second-order valence-corrected chi connectivity index (χ2v) is 8.37. The van der Waals surface area contributed by atoms with Crippen LogP contribution in [0.15, 0.2) is 109 Å². The van der Waals surface area contributed by atoms with Gasteiger partial charge in [0.2, 0.25) is 0 Å². The molecule has 1 heterocycles. The zero-order valence-corrected chi connectivity index (χ0v) is 21.0. The molecule has 0 saturated heterocycles. The molecule has 0 atom stereocenters. The summed E-state index contributed by atoms with van der Waals surface area (Å²) in [5, 5.41) is 17.6. The van der Waals surface area contributed by atoms with E-state index in [1.807, 2.05) is 80.0 Å². The second-order valence-electron chi connectivity index (χ2n) is 8.37. The van der Waals surface area contributed by atoms with Crippen LogP contribution in [0.4, 0.5) is 28.4 Å². The van der Waals surface area contributed by atoms with Gasteiger partial charge in [-0.05, 0) is 92.6 Å². The first-order valence-electron chi connectivity index (χ1n) is 12.3. The fourth-order valence-corrected chi connectivity index (χ4v) is 3.73. The molecule has 0 saturated carbocycles. The fraction of sp³-hybridized carbons (Fsp3) is 0.241. The molecule has 0 fully saturated rings. The van der Waals surface area contributed by atoms with Gasteiger partial charge in [0.1, 0.15) is 0 Å². The van der Waals surface area contributed by atoms with Crippen LogP contribution >= 0.6 is 0 Å². The van der Waals surface area contributed by atoms with Crippen LogP contribution in [0.2, 0.25) is 0 Å². The lowest BCUT2D eigenvalue weighted by atomic mass is 10.2. The Morgan fingerprint density at radius 2 is 1.44 bits per heavy atom. The van der Waals surface area contributed by atoms with Crippen molar-refractivity contribution in [3.05, 3.63) is 89.6 Å². The highest BCUT2D eigenvalue weighted by Crippen LogP contribution is 2.28. The van der Waals surface area contributed by atoms with Crippen molar-refractivity contribution < 1.29 is 0 Å². The zero-order chi connectivity index (χ0) is 25.2. The van der Waals surface area contributed by atoms with Gasteiger partial charge in [-0.1, -0.05) is 12.1 Å². The van der Waals surface area contributed by atoms with Gasteiger partial charge in [0.25, 0.3) is 0 Å². The molecule has 36 heavy (non-hydrogen) atoms. The molecule has 0 aliphatic carbocycles. The third kappa shape index (κ3) is 6.88. The van der Waals surface area contributed by atoms with Crippen molar-refractivity contribution in [2.24, 2.45) is 30.4 Å². The van der Waals surface area contributed by atoms with Gasteiger partial charge in [-0.25, -0.2) is 0 Å². The number of anilines is 1. The summed E-state index contributed by atoms with van der Waals surface area (Å²) >= 11 is 0. The molecule has 0 spiro atoms. The third-order valence-corrected chi connectivity index (χ3v) is 5.85. The van der Waals surface area contributed by atoms with Crippen LogP contribution in [0.3, 0.4) is 0 Å². The predicted molar refractivity (Wildman–Crippen MR) is 150 cm³/mol. The van der Waals surface area contributed by atoms with Crippen LogP contribution in [-0.2, 0) is 0 Å². The van der Waals surface area contributed by atoms with Crippen molar-refractivity contribution in [2.75, 3.05) is 24.5 Å². The topological polar surface area (TPSA) is 77.4 Å². The van der Waals surface area contributed by atoms with E-state index in [4.69, 9.17) is 0 Å². The Kier molecular flexibility index (Phi) is 8.59. The van der Waals surface area contributed by atoms with Crippen LogP contribution in [0, 0.1) is 6.92 Å². The van der Waals surface area contributed by atoms with Gasteiger partial charge in [0.15, 0.2) is 0 Å². The molecule has 0 N–H and O–H groups in total. The van der Waals surface area contributed by atoms with E-state index in [0.717, 1.165) is 65.6 Å². The van der Waals surface area contributed by atoms with Crippen molar-refractivity contribution in [3.63, 3.8) is 0 Å². The van der Waals surface area contributed by atoms with E-state index in [9.17, 15) is 0 Å². The number of aliphatic imine (C=N–C) groups is 2. The highest BCUT2D eigenvalue weighted by molar-refractivity contribution is 5.82. The van der Waals surface area contributed by atoms with Gasteiger partial charge in [-0.15, -0.1) is 0 Å². The van der Waals surface area contributed by atoms with Gasteiger partial charge in [-0.2, -0.15) is 20.5 Å². The molecule has 182 valence electrons. The zero-order valence-electron chi connectivity index (χ0n) is 21.0. The lowest BCUT2D eigenvalue weighted by Crippen LogP contribution is -2.21. The number of allylic oxidation sites excluding steroid dienone is 1. The predicted octanol–water partition coefficient (Wildman–Crippen LogP) is 8.45. The number of hydrogen-bond acceptors (Lipinski definition) is 7. The van der Waals surface area contributed by atoms with E-state index in [-0.39, 0.29) is 0 Å². The summed E-state index contributed by atoms with van der Waals surface area (Å²) in [6.07, 6.45) is 6.50. The first-order valence-corrected chi connectivity index (χ1v) is 12.3. The Balaban J connectivity index is 1.37. The van der Waals surface area contributed by atoms with E-state index in [0.29, 0.717) is 0 Å². The van der Waals surface area contributed by atoms with Crippen molar-refractivity contribution in [3.8, 4) is 0 Å². The fourth-order valence-electron chi connectivity index (χ4n) is 3.73. The Hall–Kier alpha value is -4.26. The van der Waals surface area contributed by atoms with E-state index < -0.39 is 0 Å². The number of benzene rings is 3. The molecule has 0 bridgehead atoms. The molecule has 1 aliphatic heterocycles. The van der Waals surface area contributed by atoms with Crippen LogP contribution < -0.4 is 4.90 Å². The lowest BCUT2D eigenvalue weighted by Gasteiger charge is -2.20. The Bertz CT molecular complexity index is 1300. The summed E-state index contributed by atoms with van der Waals surface area (Å²) < 4.78 is 0. The van der Waals surface area contributed by atoms with Crippen molar-refractivity contribution in [1.29, 1.82) is 0 Å². The number of nitrogens with zero attached hydrogens (tertiary/aromatic N) is 7. The Morgan fingerprint density at radius 3 is 2.08 bits per heavy atom.